The number of hydrogen-bond acceptors (Lipinski definition) is 5. The van der Waals surface area contributed by atoms with Gasteiger partial charge in [0.05, 0.1) is 7.11 Å². The average Bonchev–Trinajstić information content (AvgIpc) is 2.49. The lowest BCUT2D eigenvalue weighted by molar-refractivity contribution is -0.142. The number of nitrogens with zero attached hydrogens (tertiary/aromatic N) is 1. The molecule has 0 bridgehead atoms. The van der Waals surface area contributed by atoms with Crippen LogP contribution in [0.15, 0.2) is 24.3 Å². The summed E-state index contributed by atoms with van der Waals surface area (Å²) in [5, 5.41) is 0. The number of carbonyl (C=O) groups is 1. The van der Waals surface area contributed by atoms with Gasteiger partial charge < -0.3 is 15.2 Å². The zero-order valence-electron chi connectivity index (χ0n) is 14.1. The fraction of sp³-hybridized carbons (Fsp3) is 0.588. The number of piperidine rings is 1. The molecular formula is C17H27ClN2O3. The molecule has 2 rings (SSSR count). The summed E-state index contributed by atoms with van der Waals surface area (Å²) in [5.74, 6) is 0.297. The number of methoxy groups -OCH3 is 1. The summed E-state index contributed by atoms with van der Waals surface area (Å²) in [6.45, 7) is 7.35. The second kappa shape index (κ2) is 8.52. The molecule has 1 aliphatic heterocycles. The van der Waals surface area contributed by atoms with Crippen molar-refractivity contribution >= 4 is 18.4 Å². The monoisotopic (exact) mass is 342 g/mol. The van der Waals surface area contributed by atoms with Gasteiger partial charge in [-0.05, 0) is 29.5 Å². The molecule has 0 spiro atoms. The van der Waals surface area contributed by atoms with Crippen molar-refractivity contribution in [3.05, 3.63) is 29.8 Å². The summed E-state index contributed by atoms with van der Waals surface area (Å²) < 4.78 is 9.89. The number of hydrogen-bond donors (Lipinski definition) is 1. The van der Waals surface area contributed by atoms with E-state index < -0.39 is 0 Å². The third kappa shape index (κ3) is 5.68. The van der Waals surface area contributed by atoms with E-state index in [0.29, 0.717) is 5.75 Å². The van der Waals surface area contributed by atoms with Crippen LogP contribution in [0.5, 0.6) is 5.75 Å². The van der Waals surface area contributed by atoms with Gasteiger partial charge in [-0.3, -0.25) is 4.90 Å². The van der Waals surface area contributed by atoms with Crippen molar-refractivity contribution in [3.63, 3.8) is 0 Å². The summed E-state index contributed by atoms with van der Waals surface area (Å²) in [6, 6.07) is 8.12. The molecule has 2 N–H and O–H groups in total. The highest BCUT2D eigenvalue weighted by atomic mass is 35.5. The molecular weight excluding hydrogens is 316 g/mol. The Labute approximate surface area is 144 Å². The summed E-state index contributed by atoms with van der Waals surface area (Å²) >= 11 is 0. The van der Waals surface area contributed by atoms with Gasteiger partial charge in [0, 0.05) is 25.7 Å². The number of carbonyl (C=O) groups excluding carboxylic acids is 1. The third-order valence-electron chi connectivity index (χ3n) is 4.31. The van der Waals surface area contributed by atoms with Crippen molar-refractivity contribution in [1.82, 2.24) is 4.90 Å². The molecule has 1 atom stereocenters. The molecule has 0 saturated carbocycles. The molecule has 130 valence electrons. The zero-order chi connectivity index (χ0) is 16.2. The predicted octanol–water partition coefficient (Wildman–Crippen LogP) is 2.22. The van der Waals surface area contributed by atoms with E-state index >= 15 is 0 Å². The van der Waals surface area contributed by atoms with Gasteiger partial charge >= 0.3 is 5.97 Å². The summed E-state index contributed by atoms with van der Waals surface area (Å²) in [7, 11) is 1.35. The standard InChI is InChI=1S/C17H26N2O3.ClH/c1-17(2)12-19(9-8-15(17)18)10-13-4-6-14(7-5-13)22-11-16(20)21-3;/h4-7,15H,8-12,18H2,1-3H3;1H. The highest BCUT2D eigenvalue weighted by molar-refractivity contribution is 5.85. The number of benzene rings is 1. The minimum absolute atomic E-state index is 0. The van der Waals surface area contributed by atoms with Gasteiger partial charge in [-0.2, -0.15) is 0 Å². The van der Waals surface area contributed by atoms with Crippen molar-refractivity contribution < 1.29 is 14.3 Å². The van der Waals surface area contributed by atoms with Gasteiger partial charge in [0.1, 0.15) is 5.75 Å². The van der Waals surface area contributed by atoms with E-state index in [9.17, 15) is 4.79 Å². The number of ether oxygens (including phenoxy) is 2. The van der Waals surface area contributed by atoms with Gasteiger partial charge in [0.2, 0.25) is 0 Å². The van der Waals surface area contributed by atoms with Crippen LogP contribution in [0.25, 0.3) is 0 Å². The lowest BCUT2D eigenvalue weighted by Gasteiger charge is -2.42. The zero-order valence-corrected chi connectivity index (χ0v) is 14.9. The first-order chi connectivity index (χ1) is 10.4. The van der Waals surface area contributed by atoms with Crippen LogP contribution >= 0.6 is 12.4 Å². The lowest BCUT2D eigenvalue weighted by Crippen LogP contribution is -2.52. The van der Waals surface area contributed by atoms with Crippen LogP contribution in [0.2, 0.25) is 0 Å². The summed E-state index contributed by atoms with van der Waals surface area (Å²) in [5.41, 5.74) is 7.56. The van der Waals surface area contributed by atoms with Crippen LogP contribution in [0.4, 0.5) is 0 Å². The van der Waals surface area contributed by atoms with E-state index in [4.69, 9.17) is 10.5 Å². The second-order valence-corrected chi connectivity index (χ2v) is 6.60. The summed E-state index contributed by atoms with van der Waals surface area (Å²) in [4.78, 5) is 13.5. The number of nitrogens with two attached hydrogens (primary N) is 1. The molecule has 0 amide bonds. The van der Waals surface area contributed by atoms with E-state index in [-0.39, 0.29) is 36.4 Å². The van der Waals surface area contributed by atoms with Crippen LogP contribution in [0, 0.1) is 5.41 Å². The maximum Gasteiger partial charge on any atom is 0.343 e. The van der Waals surface area contributed by atoms with Crippen molar-refractivity contribution in [2.45, 2.75) is 32.9 Å². The van der Waals surface area contributed by atoms with Gasteiger partial charge in [-0.25, -0.2) is 4.79 Å². The van der Waals surface area contributed by atoms with E-state index in [0.717, 1.165) is 26.1 Å². The first-order valence-electron chi connectivity index (χ1n) is 7.67. The molecule has 1 aliphatic rings. The SMILES string of the molecule is COC(=O)COc1ccc(CN2CCC(N)C(C)(C)C2)cc1.Cl. The summed E-state index contributed by atoms with van der Waals surface area (Å²) in [6.07, 6.45) is 1.04. The molecule has 0 aromatic heterocycles. The number of rotatable bonds is 5. The number of halogens is 1. The van der Waals surface area contributed by atoms with Crippen LogP contribution in [0.3, 0.4) is 0 Å². The van der Waals surface area contributed by atoms with Crippen LogP contribution in [-0.4, -0.2) is 43.7 Å². The fourth-order valence-electron chi connectivity index (χ4n) is 2.77. The minimum atomic E-state index is -0.379. The second-order valence-electron chi connectivity index (χ2n) is 6.60. The maximum absolute atomic E-state index is 11.0. The smallest absolute Gasteiger partial charge is 0.343 e. The Morgan fingerprint density at radius 1 is 1.35 bits per heavy atom. The topological polar surface area (TPSA) is 64.8 Å². The highest BCUT2D eigenvalue weighted by Crippen LogP contribution is 2.28. The Morgan fingerprint density at radius 2 is 2.00 bits per heavy atom. The quantitative estimate of drug-likeness (QED) is 0.831. The van der Waals surface area contributed by atoms with Gasteiger partial charge in [0.15, 0.2) is 6.61 Å². The molecule has 0 radical (unpaired) electrons. The Morgan fingerprint density at radius 3 is 2.57 bits per heavy atom. The van der Waals surface area contributed by atoms with Crippen molar-refractivity contribution in [1.29, 1.82) is 0 Å². The molecule has 1 aromatic carbocycles. The minimum Gasteiger partial charge on any atom is -0.482 e. The molecule has 1 heterocycles. The maximum atomic E-state index is 11.0. The Balaban J connectivity index is 0.00000264. The van der Waals surface area contributed by atoms with Crippen molar-refractivity contribution in [2.75, 3.05) is 26.8 Å². The Kier molecular flexibility index (Phi) is 7.32. The first kappa shape index (κ1) is 19.7. The Bertz CT molecular complexity index is 505. The molecule has 0 aliphatic carbocycles. The van der Waals surface area contributed by atoms with E-state index in [1.54, 1.807) is 0 Å². The molecule has 5 nitrogen and oxygen atoms in total. The molecule has 1 fully saturated rings. The fourth-order valence-corrected chi connectivity index (χ4v) is 2.77. The molecule has 1 saturated heterocycles. The molecule has 23 heavy (non-hydrogen) atoms. The average molecular weight is 343 g/mol. The first-order valence-corrected chi connectivity index (χ1v) is 7.67. The van der Waals surface area contributed by atoms with Crippen LogP contribution in [-0.2, 0) is 16.1 Å². The van der Waals surface area contributed by atoms with Crippen molar-refractivity contribution in [3.8, 4) is 5.75 Å². The van der Waals surface area contributed by atoms with Crippen LogP contribution < -0.4 is 10.5 Å². The number of likely N-dealkylation sites (tertiary alicyclic amines) is 1. The normalized spacial score (nSPS) is 20.4. The van der Waals surface area contributed by atoms with Gasteiger partial charge in [-0.15, -0.1) is 12.4 Å². The van der Waals surface area contributed by atoms with Gasteiger partial charge in [-0.1, -0.05) is 26.0 Å². The third-order valence-corrected chi connectivity index (χ3v) is 4.31. The van der Waals surface area contributed by atoms with E-state index in [1.807, 2.05) is 24.3 Å². The largest absolute Gasteiger partial charge is 0.482 e. The predicted molar refractivity (Wildman–Crippen MR) is 92.9 cm³/mol. The lowest BCUT2D eigenvalue weighted by atomic mass is 9.79. The number of esters is 1. The van der Waals surface area contributed by atoms with Crippen LogP contribution in [0.1, 0.15) is 25.8 Å². The van der Waals surface area contributed by atoms with Crippen molar-refractivity contribution in [2.24, 2.45) is 11.1 Å². The Hall–Kier alpha value is -1.30. The molecule has 6 heteroatoms. The molecule has 1 unspecified atom stereocenters. The molecule has 1 aromatic rings. The van der Waals surface area contributed by atoms with Gasteiger partial charge in [0.25, 0.3) is 0 Å². The van der Waals surface area contributed by atoms with E-state index in [1.165, 1.54) is 12.7 Å². The highest BCUT2D eigenvalue weighted by Gasteiger charge is 2.33. The van der Waals surface area contributed by atoms with E-state index in [2.05, 4.69) is 23.5 Å².